The number of hydrogen-bond acceptors (Lipinski definition) is 6. The van der Waals surface area contributed by atoms with Crippen LogP contribution in [0.15, 0.2) is 77.5 Å². The summed E-state index contributed by atoms with van der Waals surface area (Å²) in [5.41, 5.74) is -0.554. The first kappa shape index (κ1) is 22.6. The number of alkyl halides is 3. The number of amides is 1. The topological polar surface area (TPSA) is 111 Å². The maximum Gasteiger partial charge on any atom is 0.416 e. The highest BCUT2D eigenvalue weighted by Gasteiger charge is 2.31. The molecule has 0 radical (unpaired) electrons. The third-order valence-corrected chi connectivity index (χ3v) is 4.82. The van der Waals surface area contributed by atoms with Crippen LogP contribution in [0.3, 0.4) is 0 Å². The zero-order valence-electron chi connectivity index (χ0n) is 17.2. The first-order valence-corrected chi connectivity index (χ1v) is 9.83. The van der Waals surface area contributed by atoms with E-state index in [0.717, 1.165) is 24.3 Å². The number of benzene rings is 2. The number of carbonyl (C=O) groups is 1. The van der Waals surface area contributed by atoms with Crippen molar-refractivity contribution in [3.63, 3.8) is 0 Å². The quantitative estimate of drug-likeness (QED) is 0.305. The fraction of sp³-hybridized carbons (Fsp3) is 0.0870. The standard InChI is InChI=1S/C23H15F3N4O4/c24-23(25,26)16-9-7-15(8-10-16)22-29-19(21(31)28-13-14-4-3-11-27-12-14)20(34-22)17-5-1-2-6-18(17)30(32)33/h1-12H,13H2,(H,28,31). The number of nitrogens with zero attached hydrogens (tertiary/aromatic N) is 3. The van der Waals surface area contributed by atoms with Crippen molar-refractivity contribution in [1.82, 2.24) is 15.3 Å². The lowest BCUT2D eigenvalue weighted by Gasteiger charge is -2.06. The van der Waals surface area contributed by atoms with Crippen LogP contribution in [0.25, 0.3) is 22.8 Å². The Morgan fingerprint density at radius 3 is 2.44 bits per heavy atom. The van der Waals surface area contributed by atoms with Crippen LogP contribution in [0.5, 0.6) is 0 Å². The largest absolute Gasteiger partial charge is 0.435 e. The van der Waals surface area contributed by atoms with Crippen LogP contribution in [0, 0.1) is 10.1 Å². The molecule has 4 aromatic rings. The van der Waals surface area contributed by atoms with E-state index >= 15 is 0 Å². The van der Waals surface area contributed by atoms with Gasteiger partial charge in [-0.15, -0.1) is 0 Å². The van der Waals surface area contributed by atoms with E-state index in [2.05, 4.69) is 15.3 Å². The fourth-order valence-electron chi connectivity index (χ4n) is 3.18. The second kappa shape index (κ2) is 9.14. The maximum atomic E-state index is 13.0. The number of pyridine rings is 1. The van der Waals surface area contributed by atoms with Crippen LogP contribution in [0.2, 0.25) is 0 Å². The molecule has 0 fully saturated rings. The Morgan fingerprint density at radius 1 is 1.06 bits per heavy atom. The molecule has 34 heavy (non-hydrogen) atoms. The molecule has 0 unspecified atom stereocenters. The van der Waals surface area contributed by atoms with Gasteiger partial charge in [0.2, 0.25) is 5.89 Å². The van der Waals surface area contributed by atoms with E-state index in [1.807, 2.05) is 0 Å². The highest BCUT2D eigenvalue weighted by atomic mass is 19.4. The lowest BCUT2D eigenvalue weighted by molar-refractivity contribution is -0.384. The molecule has 0 spiro atoms. The summed E-state index contributed by atoms with van der Waals surface area (Å²) >= 11 is 0. The summed E-state index contributed by atoms with van der Waals surface area (Å²) in [6, 6.07) is 13.1. The molecule has 0 aliphatic carbocycles. The van der Waals surface area contributed by atoms with Crippen molar-refractivity contribution < 1.29 is 27.3 Å². The minimum absolute atomic E-state index is 0.00434. The highest BCUT2D eigenvalue weighted by molar-refractivity contribution is 5.99. The van der Waals surface area contributed by atoms with Gasteiger partial charge in [0.05, 0.1) is 16.1 Å². The Labute approximate surface area is 190 Å². The average molecular weight is 468 g/mol. The predicted octanol–water partition coefficient (Wildman–Crippen LogP) is 5.26. The summed E-state index contributed by atoms with van der Waals surface area (Å²) in [5.74, 6) is -1.02. The van der Waals surface area contributed by atoms with Crippen molar-refractivity contribution >= 4 is 11.6 Å². The summed E-state index contributed by atoms with van der Waals surface area (Å²) in [4.78, 5) is 32.0. The van der Waals surface area contributed by atoms with E-state index in [1.165, 1.54) is 24.3 Å². The number of aromatic nitrogens is 2. The summed E-state index contributed by atoms with van der Waals surface area (Å²) in [6.45, 7) is 0.103. The Hall–Kier alpha value is -4.54. The summed E-state index contributed by atoms with van der Waals surface area (Å²) < 4.78 is 44.4. The minimum Gasteiger partial charge on any atom is -0.435 e. The third-order valence-electron chi connectivity index (χ3n) is 4.82. The number of para-hydroxylation sites is 1. The minimum atomic E-state index is -4.53. The average Bonchev–Trinajstić information content (AvgIpc) is 3.28. The Bertz CT molecular complexity index is 1340. The van der Waals surface area contributed by atoms with E-state index in [0.29, 0.717) is 5.56 Å². The molecule has 0 aliphatic heterocycles. The summed E-state index contributed by atoms with van der Waals surface area (Å²) in [6.07, 6.45) is -1.39. The number of halogens is 3. The van der Waals surface area contributed by atoms with Gasteiger partial charge < -0.3 is 9.73 Å². The van der Waals surface area contributed by atoms with Gasteiger partial charge in [-0.2, -0.15) is 13.2 Å². The number of nitro groups is 1. The summed E-state index contributed by atoms with van der Waals surface area (Å²) in [5, 5.41) is 14.2. The molecule has 0 saturated carbocycles. The fourth-order valence-corrected chi connectivity index (χ4v) is 3.18. The van der Waals surface area contributed by atoms with E-state index in [9.17, 15) is 28.1 Å². The molecule has 2 aromatic carbocycles. The molecule has 1 N–H and O–H groups in total. The molecule has 11 heteroatoms. The molecule has 0 bridgehead atoms. The van der Waals surface area contributed by atoms with Gasteiger partial charge in [-0.3, -0.25) is 19.9 Å². The van der Waals surface area contributed by atoms with Crippen LogP contribution < -0.4 is 5.32 Å². The number of nitro benzene ring substituents is 1. The molecule has 0 atom stereocenters. The molecule has 2 heterocycles. The SMILES string of the molecule is O=C(NCc1cccnc1)c1nc(-c2ccc(C(F)(F)F)cc2)oc1-c1ccccc1[N+](=O)[O-]. The Morgan fingerprint density at radius 2 is 1.79 bits per heavy atom. The van der Waals surface area contributed by atoms with E-state index in [4.69, 9.17) is 4.42 Å². The molecule has 172 valence electrons. The van der Waals surface area contributed by atoms with Crippen molar-refractivity contribution in [2.24, 2.45) is 0 Å². The second-order valence-electron chi connectivity index (χ2n) is 7.09. The van der Waals surface area contributed by atoms with E-state index in [1.54, 1.807) is 24.5 Å². The van der Waals surface area contributed by atoms with Crippen LogP contribution in [0.1, 0.15) is 21.6 Å². The van der Waals surface area contributed by atoms with Gasteiger partial charge in [0.1, 0.15) is 0 Å². The monoisotopic (exact) mass is 468 g/mol. The molecule has 1 amide bonds. The first-order valence-electron chi connectivity index (χ1n) is 9.83. The van der Waals surface area contributed by atoms with Crippen molar-refractivity contribution in [1.29, 1.82) is 0 Å². The highest BCUT2D eigenvalue weighted by Crippen LogP contribution is 2.36. The van der Waals surface area contributed by atoms with Crippen LogP contribution in [0.4, 0.5) is 18.9 Å². The predicted molar refractivity (Wildman–Crippen MR) is 114 cm³/mol. The third kappa shape index (κ3) is 4.77. The number of nitrogens with one attached hydrogen (secondary N) is 1. The maximum absolute atomic E-state index is 13.0. The van der Waals surface area contributed by atoms with Crippen LogP contribution in [-0.2, 0) is 12.7 Å². The normalized spacial score (nSPS) is 11.3. The number of oxazole rings is 1. The van der Waals surface area contributed by atoms with E-state index in [-0.39, 0.29) is 40.7 Å². The zero-order valence-corrected chi connectivity index (χ0v) is 17.2. The molecular formula is C23H15F3N4O4. The number of carbonyl (C=O) groups excluding carboxylic acids is 1. The van der Waals surface area contributed by atoms with Crippen LogP contribution in [-0.4, -0.2) is 20.8 Å². The van der Waals surface area contributed by atoms with Crippen molar-refractivity contribution in [3.8, 4) is 22.8 Å². The van der Waals surface area contributed by atoms with Gasteiger partial charge in [0.15, 0.2) is 11.5 Å². The Kier molecular flexibility index (Phi) is 6.09. The van der Waals surface area contributed by atoms with Gasteiger partial charge >= 0.3 is 6.18 Å². The smallest absolute Gasteiger partial charge is 0.416 e. The molecule has 0 saturated heterocycles. The number of rotatable bonds is 6. The zero-order chi connectivity index (χ0) is 24.3. The van der Waals surface area contributed by atoms with Gasteiger partial charge in [-0.1, -0.05) is 18.2 Å². The molecule has 0 aliphatic rings. The molecular weight excluding hydrogens is 453 g/mol. The van der Waals surface area contributed by atoms with Gasteiger partial charge in [-0.25, -0.2) is 4.98 Å². The Balaban J connectivity index is 1.75. The molecule has 8 nitrogen and oxygen atoms in total. The molecule has 4 rings (SSSR count). The number of hydrogen-bond donors (Lipinski definition) is 1. The van der Waals surface area contributed by atoms with Crippen molar-refractivity contribution in [2.75, 3.05) is 0 Å². The van der Waals surface area contributed by atoms with Crippen molar-refractivity contribution in [2.45, 2.75) is 12.7 Å². The van der Waals surface area contributed by atoms with Gasteiger partial charge in [0, 0.05) is 30.6 Å². The van der Waals surface area contributed by atoms with E-state index < -0.39 is 22.6 Å². The first-order chi connectivity index (χ1) is 16.2. The summed E-state index contributed by atoms with van der Waals surface area (Å²) in [7, 11) is 0. The van der Waals surface area contributed by atoms with Crippen LogP contribution >= 0.6 is 0 Å². The second-order valence-corrected chi connectivity index (χ2v) is 7.09. The van der Waals surface area contributed by atoms with Gasteiger partial charge in [0.25, 0.3) is 11.6 Å². The lowest BCUT2D eigenvalue weighted by atomic mass is 10.1. The lowest BCUT2D eigenvalue weighted by Crippen LogP contribution is -2.23. The van der Waals surface area contributed by atoms with Gasteiger partial charge in [-0.05, 0) is 42.0 Å². The van der Waals surface area contributed by atoms with Crippen molar-refractivity contribution in [3.05, 3.63) is 100.0 Å². The molecule has 2 aromatic heterocycles.